The Hall–Kier alpha value is -2.57. The molecule has 1 fully saturated rings. The third-order valence-electron chi connectivity index (χ3n) is 5.59. The van der Waals surface area contributed by atoms with Gasteiger partial charge in [-0.05, 0) is 68.2 Å². The highest BCUT2D eigenvalue weighted by Crippen LogP contribution is 2.41. The summed E-state index contributed by atoms with van der Waals surface area (Å²) in [5.41, 5.74) is 2.33. The number of nitrogens with zero attached hydrogens (tertiary/aromatic N) is 1. The Balaban J connectivity index is 1.75. The number of furan rings is 1. The van der Waals surface area contributed by atoms with E-state index in [-0.39, 0.29) is 11.9 Å². The number of piperidine rings is 1. The molecule has 1 aromatic carbocycles. The standard InChI is InChI=1S/C24H28N2O3S/c1-3-19-16-20(24(30-19)25-23(27)21-11-8-14-29-21)22(26-12-5-4-6-13-26)17-9-7-10-18(15-17)28-2/h7-11,14-16,22H,3-6,12-13H2,1-2H3,(H,25,27)/t22-/m0/s1. The Bertz CT molecular complexity index is 974. The van der Waals surface area contributed by atoms with Gasteiger partial charge in [0.2, 0.25) is 0 Å². The summed E-state index contributed by atoms with van der Waals surface area (Å²) < 4.78 is 10.8. The molecule has 0 radical (unpaired) electrons. The van der Waals surface area contributed by atoms with Crippen LogP contribution in [0.4, 0.5) is 5.00 Å². The Labute approximate surface area is 181 Å². The maximum absolute atomic E-state index is 12.7. The van der Waals surface area contributed by atoms with E-state index in [1.807, 2.05) is 12.1 Å². The number of carbonyl (C=O) groups excluding carboxylic acids is 1. The molecule has 0 unspecified atom stereocenters. The van der Waals surface area contributed by atoms with Crippen molar-refractivity contribution in [1.29, 1.82) is 0 Å². The summed E-state index contributed by atoms with van der Waals surface area (Å²) >= 11 is 1.65. The first-order valence-corrected chi connectivity index (χ1v) is 11.4. The second-order valence-electron chi connectivity index (χ2n) is 7.56. The Morgan fingerprint density at radius 1 is 1.20 bits per heavy atom. The van der Waals surface area contributed by atoms with Gasteiger partial charge in [-0.15, -0.1) is 11.3 Å². The topological polar surface area (TPSA) is 54.7 Å². The molecule has 1 amide bonds. The number of aryl methyl sites for hydroxylation is 1. The number of thiophene rings is 1. The number of amides is 1. The van der Waals surface area contributed by atoms with Crippen molar-refractivity contribution in [2.24, 2.45) is 0 Å². The first-order chi connectivity index (χ1) is 14.7. The van der Waals surface area contributed by atoms with Gasteiger partial charge in [-0.25, -0.2) is 0 Å². The molecule has 1 atom stereocenters. The number of likely N-dealkylation sites (tertiary alicyclic amines) is 1. The quantitative estimate of drug-likeness (QED) is 0.525. The Morgan fingerprint density at radius 2 is 2.03 bits per heavy atom. The lowest BCUT2D eigenvalue weighted by Crippen LogP contribution is -2.34. The van der Waals surface area contributed by atoms with Crippen LogP contribution in [0.2, 0.25) is 0 Å². The smallest absolute Gasteiger partial charge is 0.291 e. The lowest BCUT2D eigenvalue weighted by Gasteiger charge is -2.35. The van der Waals surface area contributed by atoms with Gasteiger partial charge in [-0.1, -0.05) is 25.5 Å². The van der Waals surface area contributed by atoms with Crippen LogP contribution in [-0.4, -0.2) is 31.0 Å². The number of ether oxygens (including phenoxy) is 1. The minimum atomic E-state index is -0.214. The van der Waals surface area contributed by atoms with Crippen molar-refractivity contribution in [3.05, 3.63) is 70.5 Å². The third kappa shape index (κ3) is 4.45. The van der Waals surface area contributed by atoms with E-state index in [0.717, 1.165) is 35.8 Å². The molecule has 158 valence electrons. The fraction of sp³-hybridized carbons (Fsp3) is 0.375. The van der Waals surface area contributed by atoms with Crippen LogP contribution >= 0.6 is 11.3 Å². The predicted octanol–water partition coefficient (Wildman–Crippen LogP) is 5.74. The van der Waals surface area contributed by atoms with Gasteiger partial charge >= 0.3 is 0 Å². The normalized spacial score (nSPS) is 15.7. The monoisotopic (exact) mass is 424 g/mol. The molecule has 5 nitrogen and oxygen atoms in total. The zero-order valence-corrected chi connectivity index (χ0v) is 18.3. The van der Waals surface area contributed by atoms with Crippen LogP contribution in [0.25, 0.3) is 0 Å². The van der Waals surface area contributed by atoms with Gasteiger partial charge in [-0.3, -0.25) is 9.69 Å². The third-order valence-corrected chi connectivity index (χ3v) is 6.80. The van der Waals surface area contributed by atoms with Gasteiger partial charge in [0.25, 0.3) is 5.91 Å². The number of methoxy groups -OCH3 is 1. The minimum absolute atomic E-state index is 0.0730. The lowest BCUT2D eigenvalue weighted by atomic mass is 9.95. The summed E-state index contributed by atoms with van der Waals surface area (Å²) in [6.45, 7) is 4.24. The van der Waals surface area contributed by atoms with Crippen molar-refractivity contribution < 1.29 is 13.9 Å². The van der Waals surface area contributed by atoms with E-state index >= 15 is 0 Å². The summed E-state index contributed by atoms with van der Waals surface area (Å²) in [6.07, 6.45) is 6.11. The van der Waals surface area contributed by atoms with Crippen LogP contribution < -0.4 is 10.1 Å². The molecule has 4 rings (SSSR count). The van der Waals surface area contributed by atoms with Crippen molar-refractivity contribution in [2.75, 3.05) is 25.5 Å². The molecule has 3 heterocycles. The highest BCUT2D eigenvalue weighted by Gasteiger charge is 2.29. The fourth-order valence-corrected chi connectivity index (χ4v) is 5.11. The lowest BCUT2D eigenvalue weighted by molar-refractivity contribution is 0.0996. The second kappa shape index (κ2) is 9.49. The van der Waals surface area contributed by atoms with Crippen LogP contribution in [0.15, 0.2) is 53.1 Å². The van der Waals surface area contributed by atoms with Gasteiger partial charge in [0, 0.05) is 10.4 Å². The summed E-state index contributed by atoms with van der Waals surface area (Å²) in [5, 5.41) is 4.01. The molecule has 3 aromatic rings. The highest BCUT2D eigenvalue weighted by atomic mass is 32.1. The average molecular weight is 425 g/mol. The molecular formula is C24H28N2O3S. The van der Waals surface area contributed by atoms with Crippen molar-refractivity contribution >= 4 is 22.2 Å². The first kappa shape index (κ1) is 20.7. The number of rotatable bonds is 7. The van der Waals surface area contributed by atoms with E-state index in [1.165, 1.54) is 36.0 Å². The van der Waals surface area contributed by atoms with E-state index in [4.69, 9.17) is 9.15 Å². The molecule has 2 aromatic heterocycles. The number of hydrogen-bond donors (Lipinski definition) is 1. The molecule has 0 spiro atoms. The fourth-order valence-electron chi connectivity index (χ4n) is 4.08. The number of carbonyl (C=O) groups is 1. The van der Waals surface area contributed by atoms with Crippen molar-refractivity contribution in [3.8, 4) is 5.75 Å². The summed E-state index contributed by atoms with van der Waals surface area (Å²) in [7, 11) is 1.70. The van der Waals surface area contributed by atoms with Crippen molar-refractivity contribution in [3.63, 3.8) is 0 Å². The van der Waals surface area contributed by atoms with Crippen LogP contribution in [0.5, 0.6) is 5.75 Å². The van der Waals surface area contributed by atoms with Gasteiger partial charge in [-0.2, -0.15) is 0 Å². The summed E-state index contributed by atoms with van der Waals surface area (Å²) in [6, 6.07) is 14.0. The van der Waals surface area contributed by atoms with Crippen LogP contribution in [0, 0.1) is 0 Å². The van der Waals surface area contributed by atoms with Gasteiger partial charge in [0.05, 0.1) is 19.4 Å². The SMILES string of the molecule is CCc1cc([C@H](c2cccc(OC)c2)N2CCCCC2)c(NC(=O)c2ccco2)s1. The van der Waals surface area contributed by atoms with Gasteiger partial charge in [0.1, 0.15) is 10.8 Å². The zero-order valence-electron chi connectivity index (χ0n) is 17.5. The van der Waals surface area contributed by atoms with Gasteiger partial charge in [0.15, 0.2) is 5.76 Å². The largest absolute Gasteiger partial charge is 0.497 e. The zero-order chi connectivity index (χ0) is 20.9. The maximum Gasteiger partial charge on any atom is 0.291 e. The van der Waals surface area contributed by atoms with Gasteiger partial charge < -0.3 is 14.5 Å². The minimum Gasteiger partial charge on any atom is -0.497 e. The molecule has 1 aliphatic heterocycles. The maximum atomic E-state index is 12.7. The molecule has 0 aliphatic carbocycles. The molecular weight excluding hydrogens is 396 g/mol. The highest BCUT2D eigenvalue weighted by molar-refractivity contribution is 7.16. The summed E-state index contributed by atoms with van der Waals surface area (Å²) in [4.78, 5) is 16.5. The van der Waals surface area contributed by atoms with Crippen molar-refractivity contribution in [1.82, 2.24) is 4.90 Å². The average Bonchev–Trinajstić information content (AvgIpc) is 3.46. The Morgan fingerprint density at radius 3 is 2.73 bits per heavy atom. The molecule has 0 saturated carbocycles. The number of nitrogens with one attached hydrogen (secondary N) is 1. The molecule has 1 aliphatic rings. The first-order valence-electron chi connectivity index (χ1n) is 10.5. The van der Waals surface area contributed by atoms with E-state index in [9.17, 15) is 4.79 Å². The van der Waals surface area contributed by atoms with Crippen molar-refractivity contribution in [2.45, 2.75) is 38.6 Å². The Kier molecular flexibility index (Phi) is 6.55. The summed E-state index contributed by atoms with van der Waals surface area (Å²) in [5.74, 6) is 0.957. The number of anilines is 1. The number of benzene rings is 1. The van der Waals surface area contributed by atoms with Crippen LogP contribution in [0.1, 0.15) is 58.8 Å². The second-order valence-corrected chi connectivity index (χ2v) is 8.69. The van der Waals surface area contributed by atoms with E-state index < -0.39 is 0 Å². The van der Waals surface area contributed by atoms with E-state index in [1.54, 1.807) is 30.6 Å². The molecule has 1 saturated heterocycles. The van der Waals surface area contributed by atoms with E-state index in [0.29, 0.717) is 5.76 Å². The van der Waals surface area contributed by atoms with Crippen LogP contribution in [-0.2, 0) is 6.42 Å². The molecule has 1 N–H and O–H groups in total. The molecule has 30 heavy (non-hydrogen) atoms. The molecule has 6 heteroatoms. The van der Waals surface area contributed by atoms with Crippen LogP contribution in [0.3, 0.4) is 0 Å². The number of hydrogen-bond acceptors (Lipinski definition) is 5. The molecule has 0 bridgehead atoms. The van der Waals surface area contributed by atoms with E-state index in [2.05, 4.69) is 35.3 Å². The predicted molar refractivity (Wildman–Crippen MR) is 121 cm³/mol.